The van der Waals surface area contributed by atoms with Crippen LogP contribution < -0.4 is 4.90 Å². The lowest BCUT2D eigenvalue weighted by Gasteiger charge is -2.35. The molecule has 1 unspecified atom stereocenters. The van der Waals surface area contributed by atoms with Crippen LogP contribution in [0.4, 0.5) is 5.82 Å². The summed E-state index contributed by atoms with van der Waals surface area (Å²) < 4.78 is 16.7. The van der Waals surface area contributed by atoms with Crippen molar-refractivity contribution in [3.05, 3.63) is 41.4 Å². The van der Waals surface area contributed by atoms with Gasteiger partial charge in [-0.3, -0.25) is 0 Å². The lowest BCUT2D eigenvalue weighted by atomic mass is 10.1. The molecule has 4 heterocycles. The molecule has 0 N–H and O–H groups in total. The normalized spacial score (nSPS) is 18.7. The van der Waals surface area contributed by atoms with Gasteiger partial charge in [-0.05, 0) is 23.6 Å². The summed E-state index contributed by atoms with van der Waals surface area (Å²) in [6.45, 7) is 2.50. The van der Waals surface area contributed by atoms with Gasteiger partial charge in [0.05, 0.1) is 18.6 Å². The van der Waals surface area contributed by atoms with Crippen LogP contribution in [0.15, 0.2) is 34.3 Å². The van der Waals surface area contributed by atoms with Gasteiger partial charge in [-0.15, -0.1) is 11.3 Å². The summed E-state index contributed by atoms with van der Waals surface area (Å²) in [5, 5.41) is 3.12. The Kier molecular flexibility index (Phi) is 3.99. The van der Waals surface area contributed by atoms with Crippen LogP contribution >= 0.6 is 11.3 Å². The zero-order valence-electron chi connectivity index (χ0n) is 12.8. The number of aromatic nitrogens is 2. The maximum atomic E-state index is 5.92. The second kappa shape index (κ2) is 6.27. The Hall–Kier alpha value is -1.96. The summed E-state index contributed by atoms with van der Waals surface area (Å²) in [5.41, 5.74) is 0. The third kappa shape index (κ3) is 2.71. The van der Waals surface area contributed by atoms with Crippen LogP contribution in [0.3, 0.4) is 0 Å². The number of hydrogen-bond acceptors (Lipinski definition) is 7. The molecule has 1 fully saturated rings. The number of methoxy groups -OCH3 is 1. The Morgan fingerprint density at radius 3 is 3.22 bits per heavy atom. The highest BCUT2D eigenvalue weighted by Gasteiger charge is 2.29. The summed E-state index contributed by atoms with van der Waals surface area (Å²) >= 11 is 1.62. The van der Waals surface area contributed by atoms with Gasteiger partial charge in [-0.1, -0.05) is 0 Å². The van der Waals surface area contributed by atoms with Crippen LogP contribution in [0.5, 0.6) is 0 Å². The fourth-order valence-corrected chi connectivity index (χ4v) is 3.62. The molecule has 0 aromatic carbocycles. The Balaban J connectivity index is 1.71. The van der Waals surface area contributed by atoms with E-state index in [0.29, 0.717) is 19.8 Å². The van der Waals surface area contributed by atoms with Crippen LogP contribution in [0.2, 0.25) is 0 Å². The average Bonchev–Trinajstić information content (AvgIpc) is 3.24. The molecule has 0 saturated carbocycles. The minimum Gasteiger partial charge on any atom is -0.461 e. The Morgan fingerprint density at radius 1 is 1.35 bits per heavy atom. The minimum atomic E-state index is 0.00681. The van der Waals surface area contributed by atoms with Gasteiger partial charge in [-0.2, -0.15) is 0 Å². The van der Waals surface area contributed by atoms with Crippen molar-refractivity contribution in [1.82, 2.24) is 9.97 Å². The molecular weight excluding hydrogens is 314 g/mol. The number of thiophene rings is 1. The van der Waals surface area contributed by atoms with E-state index in [9.17, 15) is 0 Å². The highest BCUT2D eigenvalue weighted by Crippen LogP contribution is 2.34. The molecule has 0 radical (unpaired) electrons. The van der Waals surface area contributed by atoms with E-state index in [1.165, 1.54) is 0 Å². The van der Waals surface area contributed by atoms with E-state index in [2.05, 4.69) is 20.9 Å². The Labute approximate surface area is 137 Å². The number of furan rings is 1. The van der Waals surface area contributed by atoms with Crippen LogP contribution in [0.1, 0.15) is 17.6 Å². The maximum absolute atomic E-state index is 5.92. The molecule has 3 aromatic heterocycles. The average molecular weight is 331 g/mol. The second-order valence-electron chi connectivity index (χ2n) is 5.36. The fraction of sp³-hybridized carbons (Fsp3) is 0.375. The van der Waals surface area contributed by atoms with Gasteiger partial charge >= 0.3 is 0 Å². The first-order chi connectivity index (χ1) is 11.4. The molecule has 23 heavy (non-hydrogen) atoms. The lowest BCUT2D eigenvalue weighted by molar-refractivity contribution is 0.0855. The van der Waals surface area contributed by atoms with Gasteiger partial charge < -0.3 is 18.8 Å². The zero-order valence-corrected chi connectivity index (χ0v) is 13.6. The second-order valence-corrected chi connectivity index (χ2v) is 6.25. The molecule has 6 nitrogen and oxygen atoms in total. The van der Waals surface area contributed by atoms with Crippen molar-refractivity contribution in [1.29, 1.82) is 0 Å². The van der Waals surface area contributed by atoms with Gasteiger partial charge in [-0.25, -0.2) is 9.97 Å². The van der Waals surface area contributed by atoms with Gasteiger partial charge in [0.1, 0.15) is 41.1 Å². The van der Waals surface area contributed by atoms with Crippen LogP contribution in [0.25, 0.3) is 10.2 Å². The first-order valence-corrected chi connectivity index (χ1v) is 8.35. The molecule has 3 aromatic rings. The van der Waals surface area contributed by atoms with Crippen molar-refractivity contribution in [3.8, 4) is 0 Å². The Bertz CT molecular complexity index is 801. The molecule has 1 aliphatic heterocycles. The summed E-state index contributed by atoms with van der Waals surface area (Å²) in [5.74, 6) is 2.63. The number of nitrogens with zero attached hydrogens (tertiary/aromatic N) is 3. The highest BCUT2D eigenvalue weighted by atomic mass is 32.1. The van der Waals surface area contributed by atoms with Crippen LogP contribution in [-0.4, -0.2) is 36.8 Å². The first kappa shape index (κ1) is 14.6. The van der Waals surface area contributed by atoms with Crippen LogP contribution in [0, 0.1) is 0 Å². The summed E-state index contributed by atoms with van der Waals surface area (Å²) in [6.07, 6.45) is 1.62. The van der Waals surface area contributed by atoms with E-state index in [-0.39, 0.29) is 6.04 Å². The molecule has 0 bridgehead atoms. The largest absolute Gasteiger partial charge is 0.461 e. The van der Waals surface area contributed by atoms with Crippen molar-refractivity contribution < 1.29 is 13.9 Å². The topological polar surface area (TPSA) is 60.6 Å². The van der Waals surface area contributed by atoms with E-state index in [4.69, 9.17) is 13.9 Å². The van der Waals surface area contributed by atoms with E-state index >= 15 is 0 Å². The molecule has 120 valence electrons. The fourth-order valence-electron chi connectivity index (χ4n) is 2.89. The van der Waals surface area contributed by atoms with Gasteiger partial charge in [0.25, 0.3) is 0 Å². The number of rotatable bonds is 4. The van der Waals surface area contributed by atoms with Gasteiger partial charge in [0.2, 0.25) is 0 Å². The minimum absolute atomic E-state index is 0.00681. The molecule has 0 aliphatic carbocycles. The van der Waals surface area contributed by atoms with Crippen molar-refractivity contribution in [2.24, 2.45) is 0 Å². The van der Waals surface area contributed by atoms with Gasteiger partial charge in [0, 0.05) is 13.7 Å². The summed E-state index contributed by atoms with van der Waals surface area (Å²) in [4.78, 5) is 12.1. The number of fused-ring (bicyclic) bond motifs is 1. The molecule has 4 rings (SSSR count). The first-order valence-electron chi connectivity index (χ1n) is 7.47. The van der Waals surface area contributed by atoms with Crippen molar-refractivity contribution >= 4 is 27.4 Å². The third-order valence-corrected chi connectivity index (χ3v) is 4.76. The monoisotopic (exact) mass is 331 g/mol. The maximum Gasteiger partial charge on any atom is 0.141 e. The molecule has 1 aliphatic rings. The molecule has 1 atom stereocenters. The predicted molar refractivity (Wildman–Crippen MR) is 87.7 cm³/mol. The van der Waals surface area contributed by atoms with Crippen molar-refractivity contribution in [2.45, 2.75) is 12.6 Å². The highest BCUT2D eigenvalue weighted by molar-refractivity contribution is 7.16. The number of anilines is 1. The van der Waals surface area contributed by atoms with E-state index in [1.54, 1.807) is 24.8 Å². The molecular formula is C16H17N3O3S. The van der Waals surface area contributed by atoms with E-state index < -0.39 is 0 Å². The van der Waals surface area contributed by atoms with Crippen molar-refractivity contribution in [2.75, 3.05) is 31.8 Å². The zero-order chi connectivity index (χ0) is 15.6. The van der Waals surface area contributed by atoms with E-state index in [1.807, 2.05) is 17.5 Å². The van der Waals surface area contributed by atoms with Crippen molar-refractivity contribution in [3.63, 3.8) is 0 Å². The standard InChI is InChI=1S/C16H17N3O3S/c1-20-8-11-2-3-14(22-11)13-9-21-6-5-19(13)15-12-4-7-23-16(12)18-10-17-15/h2-4,7,10,13H,5-6,8-9H2,1H3. The quantitative estimate of drug-likeness (QED) is 0.732. The lowest BCUT2D eigenvalue weighted by Crippen LogP contribution is -2.40. The SMILES string of the molecule is COCc1ccc(C2COCCN2c2ncnc3sccc23)o1. The predicted octanol–water partition coefficient (Wildman–Crippen LogP) is 3.01. The van der Waals surface area contributed by atoms with Crippen LogP contribution in [-0.2, 0) is 16.1 Å². The third-order valence-electron chi connectivity index (χ3n) is 3.94. The number of hydrogen-bond donors (Lipinski definition) is 0. The Morgan fingerprint density at radius 2 is 2.30 bits per heavy atom. The molecule has 1 saturated heterocycles. The van der Waals surface area contributed by atoms with E-state index in [0.717, 1.165) is 34.1 Å². The number of morpholine rings is 1. The number of ether oxygens (including phenoxy) is 2. The smallest absolute Gasteiger partial charge is 0.141 e. The molecule has 0 amide bonds. The van der Waals surface area contributed by atoms with Gasteiger partial charge in [0.15, 0.2) is 0 Å². The summed E-state index contributed by atoms with van der Waals surface area (Å²) in [7, 11) is 1.66. The summed E-state index contributed by atoms with van der Waals surface area (Å²) in [6, 6.07) is 6.02. The molecule has 7 heteroatoms. The molecule has 0 spiro atoms.